The SMILES string of the molecule is CCC(C)SCC(O)Cc1cccc(Cl)c1. The second-order valence-electron chi connectivity index (χ2n) is 4.04. The van der Waals surface area contributed by atoms with Crippen molar-refractivity contribution in [2.24, 2.45) is 0 Å². The summed E-state index contributed by atoms with van der Waals surface area (Å²) in [7, 11) is 0. The third-order valence-electron chi connectivity index (χ3n) is 2.51. The van der Waals surface area contributed by atoms with Crippen LogP contribution >= 0.6 is 23.4 Å². The van der Waals surface area contributed by atoms with Crippen molar-refractivity contribution in [1.29, 1.82) is 0 Å². The van der Waals surface area contributed by atoms with Gasteiger partial charge in [-0.15, -0.1) is 0 Å². The quantitative estimate of drug-likeness (QED) is 0.838. The number of hydrogen-bond donors (Lipinski definition) is 1. The number of aliphatic hydroxyl groups is 1. The van der Waals surface area contributed by atoms with E-state index in [1.54, 1.807) is 0 Å². The van der Waals surface area contributed by atoms with Crippen LogP contribution in [0.1, 0.15) is 25.8 Å². The Hall–Kier alpha value is -0.180. The van der Waals surface area contributed by atoms with Gasteiger partial charge in [-0.1, -0.05) is 37.6 Å². The molecule has 0 aliphatic carbocycles. The first kappa shape index (κ1) is 13.9. The zero-order valence-corrected chi connectivity index (χ0v) is 11.4. The number of halogens is 1. The predicted octanol–water partition coefficient (Wildman–Crippen LogP) is 3.78. The van der Waals surface area contributed by atoms with E-state index in [0.29, 0.717) is 11.7 Å². The van der Waals surface area contributed by atoms with E-state index in [9.17, 15) is 5.11 Å². The van der Waals surface area contributed by atoms with Crippen LogP contribution in [-0.4, -0.2) is 22.2 Å². The van der Waals surface area contributed by atoms with Gasteiger partial charge in [0.25, 0.3) is 0 Å². The van der Waals surface area contributed by atoms with Crippen molar-refractivity contribution in [3.8, 4) is 0 Å². The lowest BCUT2D eigenvalue weighted by Crippen LogP contribution is -2.15. The maximum absolute atomic E-state index is 9.87. The van der Waals surface area contributed by atoms with Gasteiger partial charge in [0.2, 0.25) is 0 Å². The van der Waals surface area contributed by atoms with E-state index < -0.39 is 0 Å². The van der Waals surface area contributed by atoms with Gasteiger partial charge in [-0.25, -0.2) is 0 Å². The van der Waals surface area contributed by atoms with Gasteiger partial charge in [0, 0.05) is 16.0 Å². The van der Waals surface area contributed by atoms with Gasteiger partial charge < -0.3 is 5.11 Å². The van der Waals surface area contributed by atoms with Gasteiger partial charge >= 0.3 is 0 Å². The maximum Gasteiger partial charge on any atom is 0.0670 e. The largest absolute Gasteiger partial charge is 0.392 e. The van der Waals surface area contributed by atoms with E-state index in [-0.39, 0.29) is 6.10 Å². The number of aliphatic hydroxyl groups excluding tert-OH is 1. The number of rotatable bonds is 6. The Morgan fingerprint density at radius 1 is 1.44 bits per heavy atom. The molecule has 0 aromatic heterocycles. The minimum absolute atomic E-state index is 0.280. The molecule has 0 radical (unpaired) electrons. The third-order valence-corrected chi connectivity index (χ3v) is 4.22. The maximum atomic E-state index is 9.87. The second-order valence-corrected chi connectivity index (χ2v) is 5.95. The number of benzene rings is 1. The highest BCUT2D eigenvalue weighted by atomic mass is 35.5. The lowest BCUT2D eigenvalue weighted by atomic mass is 10.1. The van der Waals surface area contributed by atoms with E-state index >= 15 is 0 Å². The second kappa shape index (κ2) is 7.21. The van der Waals surface area contributed by atoms with Gasteiger partial charge in [0.05, 0.1) is 6.10 Å². The molecule has 0 amide bonds. The van der Waals surface area contributed by atoms with Crippen molar-refractivity contribution in [3.63, 3.8) is 0 Å². The molecule has 0 fully saturated rings. The minimum Gasteiger partial charge on any atom is -0.392 e. The molecule has 1 nitrogen and oxygen atoms in total. The molecule has 1 N–H and O–H groups in total. The summed E-state index contributed by atoms with van der Waals surface area (Å²) in [6, 6.07) is 7.69. The summed E-state index contributed by atoms with van der Waals surface area (Å²) in [5.41, 5.74) is 1.10. The molecule has 2 atom stereocenters. The van der Waals surface area contributed by atoms with Crippen LogP contribution in [0.15, 0.2) is 24.3 Å². The molecule has 0 aliphatic rings. The van der Waals surface area contributed by atoms with Crippen LogP contribution in [0.5, 0.6) is 0 Å². The molecule has 0 aliphatic heterocycles. The Balaban J connectivity index is 2.36. The highest BCUT2D eigenvalue weighted by Gasteiger charge is 2.08. The van der Waals surface area contributed by atoms with Crippen molar-refractivity contribution in [2.45, 2.75) is 38.0 Å². The summed E-state index contributed by atoms with van der Waals surface area (Å²) in [5, 5.41) is 11.2. The van der Waals surface area contributed by atoms with E-state index in [2.05, 4.69) is 13.8 Å². The standard InChI is InChI=1S/C13H19ClOS/c1-3-10(2)16-9-13(15)8-11-5-4-6-12(14)7-11/h4-7,10,13,15H,3,8-9H2,1-2H3. The molecule has 1 rings (SSSR count). The predicted molar refractivity (Wildman–Crippen MR) is 73.4 cm³/mol. The van der Waals surface area contributed by atoms with Gasteiger partial charge in [0.1, 0.15) is 0 Å². The van der Waals surface area contributed by atoms with E-state index in [1.165, 1.54) is 0 Å². The van der Waals surface area contributed by atoms with Gasteiger partial charge in [-0.05, 0) is 30.5 Å². The average Bonchev–Trinajstić information content (AvgIpc) is 2.26. The van der Waals surface area contributed by atoms with Gasteiger partial charge in [-0.3, -0.25) is 0 Å². The highest BCUT2D eigenvalue weighted by Crippen LogP contribution is 2.17. The van der Waals surface area contributed by atoms with E-state index in [0.717, 1.165) is 22.8 Å². The Morgan fingerprint density at radius 2 is 2.19 bits per heavy atom. The van der Waals surface area contributed by atoms with Crippen molar-refractivity contribution in [3.05, 3.63) is 34.9 Å². The van der Waals surface area contributed by atoms with Gasteiger partial charge in [0.15, 0.2) is 0 Å². The monoisotopic (exact) mass is 258 g/mol. The molecular weight excluding hydrogens is 240 g/mol. The first-order valence-corrected chi connectivity index (χ1v) is 7.08. The average molecular weight is 259 g/mol. The van der Waals surface area contributed by atoms with Crippen LogP contribution in [0.2, 0.25) is 5.02 Å². The minimum atomic E-state index is -0.280. The molecule has 1 aromatic carbocycles. The fraction of sp³-hybridized carbons (Fsp3) is 0.538. The van der Waals surface area contributed by atoms with Crippen LogP contribution in [-0.2, 0) is 6.42 Å². The Morgan fingerprint density at radius 3 is 2.81 bits per heavy atom. The van der Waals surface area contributed by atoms with Crippen LogP contribution in [0.3, 0.4) is 0 Å². The first-order valence-electron chi connectivity index (χ1n) is 5.66. The molecule has 0 heterocycles. The summed E-state index contributed by atoms with van der Waals surface area (Å²) in [6.07, 6.45) is 1.55. The van der Waals surface area contributed by atoms with E-state index in [1.807, 2.05) is 36.0 Å². The summed E-state index contributed by atoms with van der Waals surface area (Å²) >= 11 is 7.72. The molecule has 3 heteroatoms. The van der Waals surface area contributed by atoms with E-state index in [4.69, 9.17) is 11.6 Å². The van der Waals surface area contributed by atoms with Crippen molar-refractivity contribution in [2.75, 3.05) is 5.75 Å². The summed E-state index contributed by atoms with van der Waals surface area (Å²) < 4.78 is 0. The molecule has 2 unspecified atom stereocenters. The molecule has 0 spiro atoms. The Kier molecular flexibility index (Phi) is 6.25. The molecular formula is C13H19ClOS. The Labute approximate surface area is 107 Å². The zero-order chi connectivity index (χ0) is 12.0. The Bertz CT molecular complexity index is 317. The van der Waals surface area contributed by atoms with Crippen molar-refractivity contribution >= 4 is 23.4 Å². The lowest BCUT2D eigenvalue weighted by Gasteiger charge is -2.13. The van der Waals surface area contributed by atoms with Gasteiger partial charge in [-0.2, -0.15) is 11.8 Å². The van der Waals surface area contributed by atoms with Crippen LogP contribution in [0, 0.1) is 0 Å². The van der Waals surface area contributed by atoms with Crippen LogP contribution in [0.4, 0.5) is 0 Å². The molecule has 90 valence electrons. The normalized spacial score (nSPS) is 14.8. The highest BCUT2D eigenvalue weighted by molar-refractivity contribution is 7.99. The fourth-order valence-corrected chi connectivity index (χ4v) is 2.51. The lowest BCUT2D eigenvalue weighted by molar-refractivity contribution is 0.200. The molecule has 16 heavy (non-hydrogen) atoms. The summed E-state index contributed by atoms with van der Waals surface area (Å²) in [4.78, 5) is 0. The summed E-state index contributed by atoms with van der Waals surface area (Å²) in [5.74, 6) is 0.793. The molecule has 0 saturated carbocycles. The van der Waals surface area contributed by atoms with Crippen molar-refractivity contribution < 1.29 is 5.11 Å². The molecule has 0 saturated heterocycles. The molecule has 0 bridgehead atoms. The zero-order valence-electron chi connectivity index (χ0n) is 9.82. The van der Waals surface area contributed by atoms with Crippen LogP contribution < -0.4 is 0 Å². The van der Waals surface area contributed by atoms with Crippen LogP contribution in [0.25, 0.3) is 0 Å². The summed E-state index contributed by atoms with van der Waals surface area (Å²) in [6.45, 7) is 4.36. The topological polar surface area (TPSA) is 20.2 Å². The van der Waals surface area contributed by atoms with Crippen molar-refractivity contribution in [1.82, 2.24) is 0 Å². The number of hydrogen-bond acceptors (Lipinski definition) is 2. The molecule has 1 aromatic rings. The fourth-order valence-electron chi connectivity index (χ4n) is 1.39. The first-order chi connectivity index (χ1) is 7.61. The third kappa shape index (κ3) is 5.24. The number of thioether (sulfide) groups is 1. The smallest absolute Gasteiger partial charge is 0.0670 e.